The highest BCUT2D eigenvalue weighted by molar-refractivity contribution is 9.10. The molecule has 0 fully saturated rings. The van der Waals surface area contributed by atoms with Crippen molar-refractivity contribution in [2.45, 2.75) is 13.8 Å². The van der Waals surface area contributed by atoms with Crippen LogP contribution in [0.15, 0.2) is 34.8 Å². The van der Waals surface area contributed by atoms with E-state index in [9.17, 15) is 4.79 Å². The molecule has 0 aliphatic carbocycles. The number of ether oxygens (including phenoxy) is 2. The first kappa shape index (κ1) is 15.4. The van der Waals surface area contributed by atoms with Crippen LogP contribution in [-0.2, 0) is 4.74 Å². The molecule has 0 bridgehead atoms. The number of carbonyl (C=O) groups excluding carboxylic acids is 1. The number of nitrogen functional groups attached to an aromatic ring is 1. The molecular weight excluding hydrogens is 334 g/mol. The minimum atomic E-state index is -0.387. The number of hydrogen-bond acceptors (Lipinski definition) is 4. The number of anilines is 1. The zero-order valence-electron chi connectivity index (χ0n) is 12.1. The molecule has 0 aliphatic rings. The summed E-state index contributed by atoms with van der Waals surface area (Å²) in [4.78, 5) is 11.5. The second kappa shape index (κ2) is 6.18. The zero-order chi connectivity index (χ0) is 15.6. The molecule has 0 radical (unpaired) electrons. The van der Waals surface area contributed by atoms with Gasteiger partial charge >= 0.3 is 5.97 Å². The number of aryl methyl sites for hydroxylation is 2. The molecule has 21 heavy (non-hydrogen) atoms. The monoisotopic (exact) mass is 349 g/mol. The summed E-state index contributed by atoms with van der Waals surface area (Å²) in [5.74, 6) is 0.997. The van der Waals surface area contributed by atoms with Crippen molar-refractivity contribution >= 4 is 27.6 Å². The van der Waals surface area contributed by atoms with Crippen LogP contribution in [0.1, 0.15) is 21.5 Å². The van der Waals surface area contributed by atoms with E-state index in [-0.39, 0.29) is 5.97 Å². The molecule has 110 valence electrons. The Bertz CT molecular complexity index is 675. The molecule has 5 heteroatoms. The Kier molecular flexibility index (Phi) is 4.53. The van der Waals surface area contributed by atoms with E-state index in [1.807, 2.05) is 26.0 Å². The molecule has 2 aromatic carbocycles. The van der Waals surface area contributed by atoms with Gasteiger partial charge in [-0.25, -0.2) is 4.79 Å². The molecule has 2 aromatic rings. The normalized spacial score (nSPS) is 10.3. The Morgan fingerprint density at radius 2 is 1.76 bits per heavy atom. The highest BCUT2D eigenvalue weighted by Gasteiger charge is 2.12. The Morgan fingerprint density at radius 3 is 2.29 bits per heavy atom. The molecule has 0 aromatic heterocycles. The lowest BCUT2D eigenvalue weighted by Gasteiger charge is -2.14. The lowest BCUT2D eigenvalue weighted by Crippen LogP contribution is -2.01. The number of nitrogens with two attached hydrogens (primary N) is 1. The summed E-state index contributed by atoms with van der Waals surface area (Å²) in [6.45, 7) is 3.88. The number of halogens is 1. The van der Waals surface area contributed by atoms with Crippen molar-refractivity contribution in [2.75, 3.05) is 12.8 Å². The van der Waals surface area contributed by atoms with Gasteiger partial charge in [-0.2, -0.15) is 0 Å². The van der Waals surface area contributed by atoms with Crippen LogP contribution in [0.3, 0.4) is 0 Å². The zero-order valence-corrected chi connectivity index (χ0v) is 13.7. The number of methoxy groups -OCH3 is 1. The van der Waals surface area contributed by atoms with E-state index in [2.05, 4.69) is 20.7 Å². The first-order chi connectivity index (χ1) is 9.92. The number of benzene rings is 2. The van der Waals surface area contributed by atoms with Crippen molar-refractivity contribution in [3.05, 3.63) is 51.5 Å². The molecule has 0 spiro atoms. The lowest BCUT2D eigenvalue weighted by molar-refractivity contribution is 0.0600. The van der Waals surface area contributed by atoms with Gasteiger partial charge in [0, 0.05) is 5.69 Å². The van der Waals surface area contributed by atoms with Gasteiger partial charge in [0.05, 0.1) is 17.1 Å². The van der Waals surface area contributed by atoms with E-state index >= 15 is 0 Å². The van der Waals surface area contributed by atoms with Crippen LogP contribution in [0.2, 0.25) is 0 Å². The summed E-state index contributed by atoms with van der Waals surface area (Å²) in [6, 6.07) is 8.78. The van der Waals surface area contributed by atoms with Gasteiger partial charge in [0.15, 0.2) is 0 Å². The third kappa shape index (κ3) is 3.36. The fraction of sp³-hybridized carbons (Fsp3) is 0.188. The number of carbonyl (C=O) groups is 1. The first-order valence-corrected chi connectivity index (χ1v) is 7.14. The quantitative estimate of drug-likeness (QED) is 0.665. The second-order valence-corrected chi connectivity index (χ2v) is 5.58. The fourth-order valence-electron chi connectivity index (χ4n) is 2.08. The fourth-order valence-corrected chi connectivity index (χ4v) is 2.54. The average Bonchev–Trinajstić information content (AvgIpc) is 2.43. The largest absolute Gasteiger partial charge is 0.465 e. The van der Waals surface area contributed by atoms with Crippen molar-refractivity contribution in [2.24, 2.45) is 0 Å². The number of rotatable bonds is 3. The smallest absolute Gasteiger partial charge is 0.337 e. The van der Waals surface area contributed by atoms with Crippen LogP contribution in [0.5, 0.6) is 11.5 Å². The van der Waals surface area contributed by atoms with Gasteiger partial charge in [-0.15, -0.1) is 0 Å². The summed E-state index contributed by atoms with van der Waals surface area (Å²) in [5, 5.41) is 0. The van der Waals surface area contributed by atoms with Gasteiger partial charge in [0.25, 0.3) is 0 Å². The predicted octanol–water partition coefficient (Wildman–Crippen LogP) is 4.23. The van der Waals surface area contributed by atoms with Crippen molar-refractivity contribution in [1.29, 1.82) is 0 Å². The van der Waals surface area contributed by atoms with Gasteiger partial charge in [0.1, 0.15) is 11.5 Å². The lowest BCUT2D eigenvalue weighted by atomic mass is 10.1. The molecule has 0 amide bonds. The molecular formula is C16H16BrNO3. The molecule has 0 heterocycles. The average molecular weight is 350 g/mol. The molecule has 0 saturated carbocycles. The Hall–Kier alpha value is -2.01. The molecule has 0 unspecified atom stereocenters. The Labute approximate surface area is 132 Å². The first-order valence-electron chi connectivity index (χ1n) is 6.35. The number of esters is 1. The van der Waals surface area contributed by atoms with E-state index in [0.29, 0.717) is 21.5 Å². The van der Waals surface area contributed by atoms with Crippen molar-refractivity contribution in [3.63, 3.8) is 0 Å². The third-order valence-electron chi connectivity index (χ3n) is 3.05. The van der Waals surface area contributed by atoms with Gasteiger partial charge in [-0.05, 0) is 71.2 Å². The third-order valence-corrected chi connectivity index (χ3v) is 3.67. The molecule has 0 saturated heterocycles. The molecule has 0 atom stereocenters. The van der Waals surface area contributed by atoms with Gasteiger partial charge in [-0.1, -0.05) is 0 Å². The minimum Gasteiger partial charge on any atom is -0.465 e. The van der Waals surface area contributed by atoms with E-state index < -0.39 is 0 Å². The maximum Gasteiger partial charge on any atom is 0.337 e. The molecule has 4 nitrogen and oxygen atoms in total. The van der Waals surface area contributed by atoms with Crippen LogP contribution < -0.4 is 10.5 Å². The van der Waals surface area contributed by atoms with E-state index in [0.717, 1.165) is 16.9 Å². The second-order valence-electron chi connectivity index (χ2n) is 4.72. The van der Waals surface area contributed by atoms with Crippen LogP contribution in [0.25, 0.3) is 0 Å². The highest BCUT2D eigenvalue weighted by atomic mass is 79.9. The van der Waals surface area contributed by atoms with Crippen molar-refractivity contribution in [3.8, 4) is 11.5 Å². The van der Waals surface area contributed by atoms with E-state index in [1.54, 1.807) is 18.2 Å². The van der Waals surface area contributed by atoms with Gasteiger partial charge in [-0.3, -0.25) is 0 Å². The summed E-state index contributed by atoms with van der Waals surface area (Å²) < 4.78 is 11.3. The van der Waals surface area contributed by atoms with Crippen LogP contribution in [0, 0.1) is 13.8 Å². The van der Waals surface area contributed by atoms with Crippen LogP contribution in [0.4, 0.5) is 5.69 Å². The topological polar surface area (TPSA) is 61.5 Å². The van der Waals surface area contributed by atoms with Gasteiger partial charge in [0.2, 0.25) is 0 Å². The van der Waals surface area contributed by atoms with E-state index in [4.69, 9.17) is 10.5 Å². The Balaban J connectivity index is 2.35. The molecule has 2 rings (SSSR count). The van der Waals surface area contributed by atoms with Crippen LogP contribution in [-0.4, -0.2) is 13.1 Å². The number of hydrogen-bond donors (Lipinski definition) is 1. The maximum absolute atomic E-state index is 11.5. The molecule has 2 N–H and O–H groups in total. The Morgan fingerprint density at radius 1 is 1.14 bits per heavy atom. The maximum atomic E-state index is 11.5. The standard InChI is InChI=1S/C16H16BrNO3/c1-9-6-12(18)7-10(2)15(9)21-14-5-4-11(8-13(14)17)16(19)20-3/h4-8H,18H2,1-3H3. The molecule has 0 aliphatic heterocycles. The minimum absolute atomic E-state index is 0.387. The van der Waals surface area contributed by atoms with Crippen LogP contribution >= 0.6 is 15.9 Å². The summed E-state index contributed by atoms with van der Waals surface area (Å²) >= 11 is 3.41. The van der Waals surface area contributed by atoms with Crippen molar-refractivity contribution in [1.82, 2.24) is 0 Å². The summed E-state index contributed by atoms with van der Waals surface area (Å²) in [5.41, 5.74) is 8.88. The summed E-state index contributed by atoms with van der Waals surface area (Å²) in [6.07, 6.45) is 0. The van der Waals surface area contributed by atoms with E-state index in [1.165, 1.54) is 7.11 Å². The SMILES string of the molecule is COC(=O)c1ccc(Oc2c(C)cc(N)cc2C)c(Br)c1. The predicted molar refractivity (Wildman–Crippen MR) is 85.9 cm³/mol. The highest BCUT2D eigenvalue weighted by Crippen LogP contribution is 2.35. The summed E-state index contributed by atoms with van der Waals surface area (Å²) in [7, 11) is 1.35. The van der Waals surface area contributed by atoms with Crippen molar-refractivity contribution < 1.29 is 14.3 Å². The van der Waals surface area contributed by atoms with Gasteiger partial charge < -0.3 is 15.2 Å².